The molecule has 0 aliphatic rings. The van der Waals surface area contributed by atoms with Crippen LogP contribution in [0.25, 0.3) is 0 Å². The van der Waals surface area contributed by atoms with Crippen molar-refractivity contribution < 1.29 is 9.13 Å². The predicted molar refractivity (Wildman–Crippen MR) is 62.2 cm³/mol. The van der Waals surface area contributed by atoms with Gasteiger partial charge in [0.1, 0.15) is 5.82 Å². The van der Waals surface area contributed by atoms with E-state index < -0.39 is 5.60 Å². The summed E-state index contributed by atoms with van der Waals surface area (Å²) in [6, 6.07) is 6.21. The molecule has 3 N–H and O–H groups in total. The summed E-state index contributed by atoms with van der Waals surface area (Å²) >= 11 is 0. The summed E-state index contributed by atoms with van der Waals surface area (Å²) in [4.78, 5) is 0. The molecule has 0 amide bonds. The lowest BCUT2D eigenvalue weighted by atomic mass is 9.88. The van der Waals surface area contributed by atoms with Gasteiger partial charge < -0.3 is 4.74 Å². The minimum atomic E-state index is -0.531. The van der Waals surface area contributed by atoms with E-state index in [0.29, 0.717) is 5.56 Å². The van der Waals surface area contributed by atoms with Crippen molar-refractivity contribution in [2.75, 3.05) is 7.11 Å². The molecular weight excluding hydrogens is 207 g/mol. The molecule has 4 heteroatoms. The highest BCUT2D eigenvalue weighted by molar-refractivity contribution is 5.23. The average Bonchev–Trinajstić information content (AvgIpc) is 2.32. The van der Waals surface area contributed by atoms with Gasteiger partial charge in [-0.2, -0.15) is 0 Å². The summed E-state index contributed by atoms with van der Waals surface area (Å²) in [5.41, 5.74) is 2.63. The van der Waals surface area contributed by atoms with Gasteiger partial charge in [-0.05, 0) is 19.4 Å². The minimum absolute atomic E-state index is 0.276. The van der Waals surface area contributed by atoms with Crippen molar-refractivity contribution in [1.82, 2.24) is 5.43 Å². The molecule has 0 bridgehead atoms. The van der Waals surface area contributed by atoms with Crippen molar-refractivity contribution in [1.29, 1.82) is 0 Å². The van der Waals surface area contributed by atoms with Crippen molar-refractivity contribution in [3.63, 3.8) is 0 Å². The van der Waals surface area contributed by atoms with Gasteiger partial charge in [0, 0.05) is 12.7 Å². The fourth-order valence-electron chi connectivity index (χ4n) is 1.77. The van der Waals surface area contributed by atoms with Crippen molar-refractivity contribution in [2.45, 2.75) is 31.9 Å². The first-order valence-electron chi connectivity index (χ1n) is 5.34. The molecule has 0 radical (unpaired) electrons. The van der Waals surface area contributed by atoms with Crippen molar-refractivity contribution in [2.24, 2.45) is 5.84 Å². The van der Waals surface area contributed by atoms with Crippen LogP contribution in [0, 0.1) is 5.82 Å². The Labute approximate surface area is 95.8 Å². The van der Waals surface area contributed by atoms with Crippen LogP contribution in [-0.4, -0.2) is 12.7 Å². The molecule has 0 aliphatic heterocycles. The number of nitrogens with two attached hydrogens (primary N) is 1. The number of hydrazine groups is 1. The number of ether oxygens (including phenoxy) is 1. The van der Waals surface area contributed by atoms with E-state index in [4.69, 9.17) is 10.6 Å². The molecule has 0 heterocycles. The van der Waals surface area contributed by atoms with E-state index in [9.17, 15) is 4.39 Å². The topological polar surface area (TPSA) is 47.3 Å². The minimum Gasteiger partial charge on any atom is -0.376 e. The Morgan fingerprint density at radius 2 is 2.12 bits per heavy atom. The van der Waals surface area contributed by atoms with Gasteiger partial charge in [-0.1, -0.05) is 25.1 Å². The number of nitrogens with one attached hydrogen (secondary N) is 1. The number of hydrogen-bond acceptors (Lipinski definition) is 3. The molecule has 1 aromatic rings. The summed E-state index contributed by atoms with van der Waals surface area (Å²) in [5, 5.41) is 0. The van der Waals surface area contributed by atoms with E-state index >= 15 is 0 Å². The highest BCUT2D eigenvalue weighted by Crippen LogP contribution is 2.32. The fraction of sp³-hybridized carbons (Fsp3) is 0.500. The number of rotatable bonds is 5. The van der Waals surface area contributed by atoms with E-state index in [1.807, 2.05) is 13.8 Å². The van der Waals surface area contributed by atoms with Gasteiger partial charge in [0.2, 0.25) is 0 Å². The molecule has 0 saturated carbocycles. The monoisotopic (exact) mass is 226 g/mol. The summed E-state index contributed by atoms with van der Waals surface area (Å²) in [7, 11) is 1.61. The average molecular weight is 226 g/mol. The van der Waals surface area contributed by atoms with E-state index in [0.717, 1.165) is 6.42 Å². The highest BCUT2D eigenvalue weighted by Gasteiger charge is 2.34. The maximum absolute atomic E-state index is 13.7. The second kappa shape index (κ2) is 5.39. The van der Waals surface area contributed by atoms with E-state index in [-0.39, 0.29) is 11.9 Å². The highest BCUT2D eigenvalue weighted by atomic mass is 19.1. The normalized spacial score (nSPS) is 16.8. The molecule has 2 atom stereocenters. The largest absolute Gasteiger partial charge is 0.376 e. The zero-order valence-electron chi connectivity index (χ0n) is 9.96. The first-order valence-corrected chi connectivity index (χ1v) is 5.34. The van der Waals surface area contributed by atoms with Crippen LogP contribution in [0.15, 0.2) is 24.3 Å². The summed E-state index contributed by atoms with van der Waals surface area (Å²) in [5.74, 6) is 5.24. The Balaban J connectivity index is 3.12. The molecule has 16 heavy (non-hydrogen) atoms. The molecule has 0 saturated heterocycles. The van der Waals surface area contributed by atoms with Crippen LogP contribution >= 0.6 is 0 Å². The number of halogens is 1. The summed E-state index contributed by atoms with van der Waals surface area (Å²) in [6.45, 7) is 3.89. The third-order valence-corrected chi connectivity index (χ3v) is 3.16. The number of methoxy groups -OCH3 is 1. The molecule has 0 spiro atoms. The Bertz CT molecular complexity index is 340. The molecule has 0 aliphatic carbocycles. The van der Waals surface area contributed by atoms with Crippen LogP contribution in [0.1, 0.15) is 31.9 Å². The fourth-order valence-corrected chi connectivity index (χ4v) is 1.77. The SMILES string of the molecule is CCC(C)(OC)C(NN)c1ccccc1F. The Hall–Kier alpha value is -0.970. The second-order valence-corrected chi connectivity index (χ2v) is 3.99. The summed E-state index contributed by atoms with van der Waals surface area (Å²) in [6.07, 6.45) is 0.729. The maximum atomic E-state index is 13.7. The number of hydrogen-bond donors (Lipinski definition) is 2. The Morgan fingerprint density at radius 3 is 2.56 bits per heavy atom. The van der Waals surface area contributed by atoms with Gasteiger partial charge >= 0.3 is 0 Å². The van der Waals surface area contributed by atoms with Gasteiger partial charge in [0.15, 0.2) is 0 Å². The van der Waals surface area contributed by atoms with Gasteiger partial charge in [-0.15, -0.1) is 0 Å². The van der Waals surface area contributed by atoms with Crippen LogP contribution in [0.3, 0.4) is 0 Å². The maximum Gasteiger partial charge on any atom is 0.128 e. The van der Waals surface area contributed by atoms with Gasteiger partial charge in [-0.3, -0.25) is 5.84 Å². The zero-order valence-corrected chi connectivity index (χ0v) is 9.96. The second-order valence-electron chi connectivity index (χ2n) is 3.99. The van der Waals surface area contributed by atoms with Crippen LogP contribution in [0.5, 0.6) is 0 Å². The lowest BCUT2D eigenvalue weighted by Gasteiger charge is -2.35. The molecule has 90 valence electrons. The molecule has 3 nitrogen and oxygen atoms in total. The smallest absolute Gasteiger partial charge is 0.128 e. The molecule has 0 fully saturated rings. The van der Waals surface area contributed by atoms with Crippen LogP contribution < -0.4 is 11.3 Å². The summed E-state index contributed by atoms with van der Waals surface area (Å²) < 4.78 is 19.1. The number of benzene rings is 1. The van der Waals surface area contributed by atoms with E-state index in [1.54, 1.807) is 25.3 Å². The molecule has 1 aromatic carbocycles. The Kier molecular flexibility index (Phi) is 4.41. The lowest BCUT2D eigenvalue weighted by molar-refractivity contribution is -0.0309. The van der Waals surface area contributed by atoms with Gasteiger partial charge in [-0.25, -0.2) is 9.82 Å². The predicted octanol–water partition coefficient (Wildman–Crippen LogP) is 2.15. The first-order chi connectivity index (χ1) is 7.59. The van der Waals surface area contributed by atoms with E-state index in [1.165, 1.54) is 6.07 Å². The van der Waals surface area contributed by atoms with Crippen molar-refractivity contribution in [3.8, 4) is 0 Å². The van der Waals surface area contributed by atoms with Crippen LogP contribution in [-0.2, 0) is 4.74 Å². The third kappa shape index (κ3) is 2.40. The molecule has 0 aromatic heterocycles. The van der Waals surface area contributed by atoms with Crippen LogP contribution in [0.4, 0.5) is 4.39 Å². The third-order valence-electron chi connectivity index (χ3n) is 3.16. The van der Waals surface area contributed by atoms with Gasteiger partial charge in [0.25, 0.3) is 0 Å². The zero-order chi connectivity index (χ0) is 12.2. The molecule has 1 rings (SSSR count). The Morgan fingerprint density at radius 1 is 1.50 bits per heavy atom. The lowest BCUT2D eigenvalue weighted by Crippen LogP contribution is -2.46. The van der Waals surface area contributed by atoms with Crippen LogP contribution in [0.2, 0.25) is 0 Å². The van der Waals surface area contributed by atoms with E-state index in [2.05, 4.69) is 5.43 Å². The molecule has 2 unspecified atom stereocenters. The quantitative estimate of drug-likeness (QED) is 0.597. The van der Waals surface area contributed by atoms with Crippen molar-refractivity contribution >= 4 is 0 Å². The van der Waals surface area contributed by atoms with Gasteiger partial charge in [0.05, 0.1) is 11.6 Å². The van der Waals surface area contributed by atoms with Crippen molar-refractivity contribution in [3.05, 3.63) is 35.6 Å². The standard InChI is InChI=1S/C12H19FN2O/c1-4-12(2,16-3)11(15-14)9-7-5-6-8-10(9)13/h5-8,11,15H,4,14H2,1-3H3. The molecular formula is C12H19FN2O. The first kappa shape index (κ1) is 13.1.